The van der Waals surface area contributed by atoms with E-state index >= 15 is 0 Å². The monoisotopic (exact) mass is 262 g/mol. The van der Waals surface area contributed by atoms with Gasteiger partial charge in [0.2, 0.25) is 0 Å². The van der Waals surface area contributed by atoms with Gasteiger partial charge in [0.15, 0.2) is 0 Å². The number of carbonyl (C=O) groups is 1. The summed E-state index contributed by atoms with van der Waals surface area (Å²) >= 11 is 0. The van der Waals surface area contributed by atoms with Crippen molar-refractivity contribution in [1.29, 1.82) is 0 Å². The normalized spacial score (nSPS) is 19.9. The molecule has 0 amide bonds. The molecule has 1 atom stereocenters. The van der Waals surface area contributed by atoms with E-state index in [1.54, 1.807) is 6.92 Å². The van der Waals surface area contributed by atoms with Gasteiger partial charge in [-0.3, -0.25) is 4.79 Å². The lowest BCUT2D eigenvalue weighted by atomic mass is 9.68. The Morgan fingerprint density at radius 1 is 1.26 bits per heavy atom. The largest absolute Gasteiger partial charge is 0.481 e. The van der Waals surface area contributed by atoms with Crippen LogP contribution in [0.25, 0.3) is 0 Å². The van der Waals surface area contributed by atoms with E-state index in [2.05, 4.69) is 0 Å². The molecule has 1 aromatic rings. The van der Waals surface area contributed by atoms with Crippen molar-refractivity contribution in [3.05, 3.63) is 35.4 Å². The first-order chi connectivity index (χ1) is 9.06. The highest BCUT2D eigenvalue weighted by atomic mass is 16.4. The topological polar surface area (TPSA) is 57.5 Å². The van der Waals surface area contributed by atoms with Crippen molar-refractivity contribution in [3.63, 3.8) is 0 Å². The van der Waals surface area contributed by atoms with Crippen molar-refractivity contribution in [2.45, 2.75) is 57.0 Å². The molecule has 2 N–H and O–H groups in total. The minimum absolute atomic E-state index is 0.449. The predicted octanol–water partition coefficient (Wildman–Crippen LogP) is 2.90. The van der Waals surface area contributed by atoms with Crippen LogP contribution in [0, 0.1) is 0 Å². The molecule has 1 aromatic carbocycles. The molecular weight excluding hydrogens is 240 g/mol. The lowest BCUT2D eigenvalue weighted by Crippen LogP contribution is -2.39. The summed E-state index contributed by atoms with van der Waals surface area (Å²) in [5.74, 6) is -0.717. The molecule has 0 heterocycles. The Bertz CT molecular complexity index is 445. The average molecular weight is 262 g/mol. The van der Waals surface area contributed by atoms with Crippen LogP contribution in [0.1, 0.15) is 50.2 Å². The molecule has 0 radical (unpaired) electrons. The smallest absolute Gasteiger partial charge is 0.314 e. The molecule has 104 valence electrons. The highest BCUT2D eigenvalue weighted by Crippen LogP contribution is 2.41. The van der Waals surface area contributed by atoms with Crippen LogP contribution in [-0.2, 0) is 16.6 Å². The summed E-state index contributed by atoms with van der Waals surface area (Å²) in [5.41, 5.74) is 1.13. The number of aliphatic hydroxyl groups excluding tert-OH is 1. The summed E-state index contributed by atoms with van der Waals surface area (Å²) in [4.78, 5) is 11.9. The van der Waals surface area contributed by atoms with Crippen molar-refractivity contribution in [1.82, 2.24) is 0 Å². The molecule has 3 nitrogen and oxygen atoms in total. The second-order valence-electron chi connectivity index (χ2n) is 5.66. The van der Waals surface area contributed by atoms with Gasteiger partial charge in [-0.25, -0.2) is 0 Å². The van der Waals surface area contributed by atoms with E-state index in [0.717, 1.165) is 30.4 Å². The fourth-order valence-electron chi connectivity index (χ4n) is 3.24. The fraction of sp³-hybridized carbons (Fsp3) is 0.562. The van der Waals surface area contributed by atoms with Crippen LogP contribution in [0.15, 0.2) is 24.3 Å². The number of hydrogen-bond donors (Lipinski definition) is 2. The van der Waals surface area contributed by atoms with Crippen LogP contribution >= 0.6 is 0 Å². The van der Waals surface area contributed by atoms with Crippen molar-refractivity contribution >= 4 is 5.97 Å². The van der Waals surface area contributed by atoms with E-state index in [1.165, 1.54) is 0 Å². The van der Waals surface area contributed by atoms with Crippen molar-refractivity contribution in [3.8, 4) is 0 Å². The van der Waals surface area contributed by atoms with Gasteiger partial charge in [-0.15, -0.1) is 0 Å². The number of carboxylic acid groups (broad SMARTS) is 1. The van der Waals surface area contributed by atoms with Gasteiger partial charge in [0.1, 0.15) is 0 Å². The molecule has 0 spiro atoms. The standard InChI is InChI=1S/C16H22O3/c1-12(17)11-13-7-3-4-8-14(13)16(15(18)19)9-5-2-6-10-16/h3-4,7-8,12,17H,2,5-6,9-11H2,1H3,(H,18,19). The molecular formula is C16H22O3. The van der Waals surface area contributed by atoms with Gasteiger partial charge in [0.05, 0.1) is 11.5 Å². The van der Waals surface area contributed by atoms with Gasteiger partial charge in [0, 0.05) is 0 Å². The van der Waals surface area contributed by atoms with Gasteiger partial charge in [-0.1, -0.05) is 43.5 Å². The summed E-state index contributed by atoms with van der Waals surface area (Å²) < 4.78 is 0. The third-order valence-corrected chi connectivity index (χ3v) is 4.16. The number of rotatable bonds is 4. The van der Waals surface area contributed by atoms with Gasteiger partial charge in [-0.2, -0.15) is 0 Å². The summed E-state index contributed by atoms with van der Waals surface area (Å²) in [6.07, 6.45) is 4.54. The van der Waals surface area contributed by atoms with E-state index in [1.807, 2.05) is 24.3 Å². The molecule has 1 fully saturated rings. The number of benzene rings is 1. The number of hydrogen-bond acceptors (Lipinski definition) is 2. The van der Waals surface area contributed by atoms with Crippen LogP contribution in [0.2, 0.25) is 0 Å². The van der Waals surface area contributed by atoms with E-state index in [4.69, 9.17) is 0 Å². The molecule has 1 saturated carbocycles. The molecule has 19 heavy (non-hydrogen) atoms. The Hall–Kier alpha value is -1.35. The summed E-state index contributed by atoms with van der Waals surface area (Å²) in [7, 11) is 0. The minimum atomic E-state index is -0.746. The molecule has 0 saturated heterocycles. The molecule has 1 aliphatic carbocycles. The molecule has 2 rings (SSSR count). The number of aliphatic carboxylic acids is 1. The van der Waals surface area contributed by atoms with Crippen molar-refractivity contribution < 1.29 is 15.0 Å². The Balaban J connectivity index is 2.44. The molecule has 0 bridgehead atoms. The minimum Gasteiger partial charge on any atom is -0.481 e. The van der Waals surface area contributed by atoms with Crippen LogP contribution in [0.5, 0.6) is 0 Å². The Morgan fingerprint density at radius 2 is 1.89 bits per heavy atom. The molecule has 3 heteroatoms. The molecule has 1 unspecified atom stereocenters. The predicted molar refractivity (Wildman–Crippen MR) is 74.2 cm³/mol. The third kappa shape index (κ3) is 2.81. The van der Waals surface area contributed by atoms with Crippen LogP contribution in [0.3, 0.4) is 0 Å². The lowest BCUT2D eigenvalue weighted by Gasteiger charge is -2.35. The zero-order chi connectivity index (χ0) is 13.9. The van der Waals surface area contributed by atoms with Gasteiger partial charge in [0.25, 0.3) is 0 Å². The second kappa shape index (κ2) is 5.74. The van der Waals surface area contributed by atoms with Crippen LogP contribution in [0.4, 0.5) is 0 Å². The Labute approximate surface area is 114 Å². The van der Waals surface area contributed by atoms with Gasteiger partial charge >= 0.3 is 5.97 Å². The zero-order valence-electron chi connectivity index (χ0n) is 11.4. The van der Waals surface area contributed by atoms with E-state index in [-0.39, 0.29) is 0 Å². The number of carboxylic acids is 1. The first-order valence-corrected chi connectivity index (χ1v) is 7.06. The molecule has 0 aromatic heterocycles. The van der Waals surface area contributed by atoms with Gasteiger partial charge < -0.3 is 10.2 Å². The second-order valence-corrected chi connectivity index (χ2v) is 5.66. The van der Waals surface area contributed by atoms with Gasteiger partial charge in [-0.05, 0) is 37.3 Å². The van der Waals surface area contributed by atoms with E-state index in [0.29, 0.717) is 19.3 Å². The fourth-order valence-corrected chi connectivity index (χ4v) is 3.24. The summed E-state index contributed by atoms with van der Waals surface area (Å²) in [5, 5.41) is 19.3. The first-order valence-electron chi connectivity index (χ1n) is 7.06. The Kier molecular flexibility index (Phi) is 4.25. The zero-order valence-corrected chi connectivity index (χ0v) is 11.4. The van der Waals surface area contributed by atoms with Crippen LogP contribution in [-0.4, -0.2) is 22.3 Å². The highest BCUT2D eigenvalue weighted by Gasteiger charge is 2.42. The van der Waals surface area contributed by atoms with Crippen molar-refractivity contribution in [2.75, 3.05) is 0 Å². The van der Waals surface area contributed by atoms with Crippen LogP contribution < -0.4 is 0 Å². The Morgan fingerprint density at radius 3 is 2.47 bits per heavy atom. The highest BCUT2D eigenvalue weighted by molar-refractivity contribution is 5.82. The van der Waals surface area contributed by atoms with E-state index in [9.17, 15) is 15.0 Å². The SMILES string of the molecule is CC(O)Cc1ccccc1C1(C(=O)O)CCCCC1. The maximum Gasteiger partial charge on any atom is 0.314 e. The summed E-state index contributed by atoms with van der Waals surface area (Å²) in [6, 6.07) is 7.69. The lowest BCUT2D eigenvalue weighted by molar-refractivity contribution is -0.145. The number of aliphatic hydroxyl groups is 1. The third-order valence-electron chi connectivity index (χ3n) is 4.16. The molecule has 1 aliphatic rings. The molecule has 0 aliphatic heterocycles. The maximum atomic E-state index is 11.9. The first kappa shape index (κ1) is 14.1. The van der Waals surface area contributed by atoms with E-state index < -0.39 is 17.5 Å². The average Bonchev–Trinajstić information content (AvgIpc) is 2.39. The van der Waals surface area contributed by atoms with Crippen molar-refractivity contribution in [2.24, 2.45) is 0 Å². The quantitative estimate of drug-likeness (QED) is 0.877. The summed E-state index contributed by atoms with van der Waals surface area (Å²) in [6.45, 7) is 1.74. The maximum absolute atomic E-state index is 11.9.